The molecule has 20 heavy (non-hydrogen) atoms. The summed E-state index contributed by atoms with van der Waals surface area (Å²) in [7, 11) is 0. The molecule has 0 amide bonds. The standard InChI is InChI=1S/C15H12N2O3/c18-17(19)15-13(11-7-3-1-4-8-11)14(16-20-15)12-9-5-2-6-10-12/h1-10,13,15H. The Bertz CT molecular complexity index is 641. The Labute approximate surface area is 115 Å². The summed E-state index contributed by atoms with van der Waals surface area (Å²) in [5.41, 5.74) is 2.26. The second-order valence-corrected chi connectivity index (χ2v) is 4.51. The lowest BCUT2D eigenvalue weighted by Gasteiger charge is -2.13. The molecule has 2 atom stereocenters. The molecule has 3 rings (SSSR count). The van der Waals surface area contributed by atoms with Crippen molar-refractivity contribution < 1.29 is 9.76 Å². The fourth-order valence-electron chi connectivity index (χ4n) is 2.35. The number of nitro groups is 1. The Balaban J connectivity index is 2.04. The quantitative estimate of drug-likeness (QED) is 0.635. The lowest BCUT2D eigenvalue weighted by Crippen LogP contribution is -2.29. The van der Waals surface area contributed by atoms with Gasteiger partial charge >= 0.3 is 6.23 Å². The predicted molar refractivity (Wildman–Crippen MR) is 74.0 cm³/mol. The zero-order chi connectivity index (χ0) is 13.9. The van der Waals surface area contributed by atoms with E-state index >= 15 is 0 Å². The van der Waals surface area contributed by atoms with Crippen LogP contribution in [0.2, 0.25) is 0 Å². The monoisotopic (exact) mass is 268 g/mol. The predicted octanol–water partition coefficient (Wildman–Crippen LogP) is 2.81. The van der Waals surface area contributed by atoms with Gasteiger partial charge in [-0.3, -0.25) is 10.1 Å². The van der Waals surface area contributed by atoms with E-state index in [0.29, 0.717) is 5.71 Å². The van der Waals surface area contributed by atoms with E-state index in [1.807, 2.05) is 60.7 Å². The van der Waals surface area contributed by atoms with Crippen LogP contribution in [0.1, 0.15) is 17.0 Å². The molecule has 5 heteroatoms. The lowest BCUT2D eigenvalue weighted by atomic mass is 9.89. The first-order valence-electron chi connectivity index (χ1n) is 6.25. The Morgan fingerprint density at radius 2 is 1.60 bits per heavy atom. The van der Waals surface area contributed by atoms with E-state index in [1.54, 1.807) is 0 Å². The second kappa shape index (κ2) is 5.13. The van der Waals surface area contributed by atoms with Gasteiger partial charge in [0.2, 0.25) is 0 Å². The van der Waals surface area contributed by atoms with Crippen molar-refractivity contribution in [1.29, 1.82) is 0 Å². The number of hydrogen-bond acceptors (Lipinski definition) is 4. The molecule has 0 bridgehead atoms. The zero-order valence-electron chi connectivity index (χ0n) is 10.5. The molecule has 0 saturated heterocycles. The highest BCUT2D eigenvalue weighted by Crippen LogP contribution is 2.32. The third-order valence-electron chi connectivity index (χ3n) is 3.27. The van der Waals surface area contributed by atoms with Crippen molar-refractivity contribution >= 4 is 5.71 Å². The van der Waals surface area contributed by atoms with Gasteiger partial charge in [0.1, 0.15) is 11.6 Å². The van der Waals surface area contributed by atoms with Crippen LogP contribution in [0.25, 0.3) is 0 Å². The number of benzene rings is 2. The van der Waals surface area contributed by atoms with Gasteiger partial charge in [-0.2, -0.15) is 0 Å². The van der Waals surface area contributed by atoms with Crippen LogP contribution < -0.4 is 0 Å². The Morgan fingerprint density at radius 3 is 2.20 bits per heavy atom. The number of rotatable bonds is 3. The number of nitrogens with zero attached hydrogens (tertiary/aromatic N) is 2. The Kier molecular flexibility index (Phi) is 3.16. The molecule has 0 spiro atoms. The normalized spacial score (nSPS) is 21.1. The molecule has 2 aromatic rings. The largest absolute Gasteiger partial charge is 0.387 e. The maximum absolute atomic E-state index is 11.2. The molecule has 1 aliphatic rings. The first-order chi connectivity index (χ1) is 9.77. The molecule has 0 radical (unpaired) electrons. The van der Waals surface area contributed by atoms with E-state index in [0.717, 1.165) is 11.1 Å². The van der Waals surface area contributed by atoms with Crippen LogP contribution in [0.3, 0.4) is 0 Å². The van der Waals surface area contributed by atoms with Crippen molar-refractivity contribution in [2.75, 3.05) is 0 Å². The minimum absolute atomic E-state index is 0.433. The van der Waals surface area contributed by atoms with E-state index < -0.39 is 17.1 Å². The molecular formula is C15H12N2O3. The molecule has 2 unspecified atom stereocenters. The summed E-state index contributed by atoms with van der Waals surface area (Å²) < 4.78 is 0. The van der Waals surface area contributed by atoms with Crippen molar-refractivity contribution in [3.8, 4) is 0 Å². The summed E-state index contributed by atoms with van der Waals surface area (Å²) >= 11 is 0. The van der Waals surface area contributed by atoms with Gasteiger partial charge in [-0.05, 0) is 5.56 Å². The van der Waals surface area contributed by atoms with Crippen molar-refractivity contribution in [3.05, 3.63) is 81.9 Å². The third kappa shape index (κ3) is 2.14. The summed E-state index contributed by atoms with van der Waals surface area (Å²) in [6.45, 7) is 0. The minimum atomic E-state index is -1.17. The van der Waals surface area contributed by atoms with Crippen molar-refractivity contribution in [1.82, 2.24) is 0 Å². The van der Waals surface area contributed by atoms with Crippen molar-refractivity contribution in [2.45, 2.75) is 12.1 Å². The van der Waals surface area contributed by atoms with Crippen LogP contribution in [-0.2, 0) is 4.84 Å². The average Bonchev–Trinajstić information content (AvgIpc) is 2.94. The molecule has 5 nitrogen and oxygen atoms in total. The van der Waals surface area contributed by atoms with Gasteiger partial charge in [0.05, 0.1) is 4.92 Å². The smallest absolute Gasteiger partial charge is 0.320 e. The van der Waals surface area contributed by atoms with Crippen LogP contribution in [0.4, 0.5) is 0 Å². The van der Waals surface area contributed by atoms with Gasteiger partial charge in [0.25, 0.3) is 0 Å². The molecule has 2 aromatic carbocycles. The molecular weight excluding hydrogens is 256 g/mol. The van der Waals surface area contributed by atoms with E-state index in [4.69, 9.17) is 4.84 Å². The minimum Gasteiger partial charge on any atom is -0.320 e. The highest BCUT2D eigenvalue weighted by atomic mass is 16.7. The highest BCUT2D eigenvalue weighted by Gasteiger charge is 2.44. The lowest BCUT2D eigenvalue weighted by molar-refractivity contribution is -0.574. The van der Waals surface area contributed by atoms with Gasteiger partial charge in [-0.15, -0.1) is 0 Å². The fraction of sp³-hybridized carbons (Fsp3) is 0.133. The molecule has 100 valence electrons. The van der Waals surface area contributed by atoms with Crippen molar-refractivity contribution in [3.63, 3.8) is 0 Å². The second-order valence-electron chi connectivity index (χ2n) is 4.51. The average molecular weight is 268 g/mol. The molecule has 0 aromatic heterocycles. The summed E-state index contributed by atoms with van der Waals surface area (Å²) in [6.07, 6.45) is -1.17. The third-order valence-corrected chi connectivity index (χ3v) is 3.27. The number of hydrogen-bond donors (Lipinski definition) is 0. The van der Waals surface area contributed by atoms with E-state index in [-0.39, 0.29) is 0 Å². The van der Waals surface area contributed by atoms with E-state index in [2.05, 4.69) is 5.16 Å². The van der Waals surface area contributed by atoms with Gasteiger partial charge in [0.15, 0.2) is 0 Å². The molecule has 0 aliphatic carbocycles. The summed E-state index contributed by atoms with van der Waals surface area (Å²) in [5.74, 6) is -0.492. The fourth-order valence-corrected chi connectivity index (χ4v) is 2.35. The summed E-state index contributed by atoms with van der Waals surface area (Å²) in [4.78, 5) is 15.8. The van der Waals surface area contributed by atoms with E-state index in [9.17, 15) is 10.1 Å². The van der Waals surface area contributed by atoms with Crippen LogP contribution in [0.15, 0.2) is 65.8 Å². The van der Waals surface area contributed by atoms with Crippen molar-refractivity contribution in [2.24, 2.45) is 5.16 Å². The Morgan fingerprint density at radius 1 is 1.00 bits per heavy atom. The topological polar surface area (TPSA) is 64.7 Å². The number of oxime groups is 1. The van der Waals surface area contributed by atoms with Crippen LogP contribution >= 0.6 is 0 Å². The summed E-state index contributed by atoms with van der Waals surface area (Å²) in [5, 5.41) is 15.1. The molecule has 1 heterocycles. The molecule has 0 saturated carbocycles. The van der Waals surface area contributed by atoms with Gasteiger partial charge in [0, 0.05) is 5.56 Å². The van der Waals surface area contributed by atoms with Gasteiger partial charge < -0.3 is 4.84 Å². The first-order valence-corrected chi connectivity index (χ1v) is 6.25. The maximum Gasteiger partial charge on any atom is 0.387 e. The van der Waals surface area contributed by atoms with Gasteiger partial charge in [-0.1, -0.05) is 65.8 Å². The molecule has 0 N–H and O–H groups in total. The molecule has 1 aliphatic heterocycles. The van der Waals surface area contributed by atoms with Crippen LogP contribution in [0.5, 0.6) is 0 Å². The summed E-state index contributed by atoms with van der Waals surface area (Å²) in [6, 6.07) is 18.7. The SMILES string of the molecule is O=[N+]([O-])C1ON=C(c2ccccc2)C1c1ccccc1. The highest BCUT2D eigenvalue weighted by molar-refractivity contribution is 6.05. The Hall–Kier alpha value is -2.69. The zero-order valence-corrected chi connectivity index (χ0v) is 10.5. The molecule has 0 fully saturated rings. The van der Waals surface area contributed by atoms with Gasteiger partial charge in [-0.25, -0.2) is 0 Å². The van der Waals surface area contributed by atoms with Crippen LogP contribution in [-0.4, -0.2) is 16.9 Å². The van der Waals surface area contributed by atoms with Crippen LogP contribution in [0, 0.1) is 10.1 Å². The first kappa shape index (κ1) is 12.3. The van der Waals surface area contributed by atoms with E-state index in [1.165, 1.54) is 0 Å². The maximum atomic E-state index is 11.2.